The van der Waals surface area contributed by atoms with Crippen molar-refractivity contribution in [1.29, 1.82) is 0 Å². The van der Waals surface area contributed by atoms with Crippen molar-refractivity contribution in [2.75, 3.05) is 0 Å². The SMILES string of the molecule is CC(C)(C)NS(=O)(=O)c1ccc(Cl)nn1. The lowest BCUT2D eigenvalue weighted by molar-refractivity contribution is 0.488. The van der Waals surface area contributed by atoms with Crippen molar-refractivity contribution in [3.63, 3.8) is 0 Å². The van der Waals surface area contributed by atoms with Crippen LogP contribution < -0.4 is 4.72 Å². The minimum Gasteiger partial charge on any atom is -0.205 e. The van der Waals surface area contributed by atoms with Crippen LogP contribution in [0.2, 0.25) is 5.15 Å². The summed E-state index contributed by atoms with van der Waals surface area (Å²) >= 11 is 5.51. The summed E-state index contributed by atoms with van der Waals surface area (Å²) in [6, 6.07) is 2.69. The molecule has 1 heterocycles. The van der Waals surface area contributed by atoms with Gasteiger partial charge in [-0.15, -0.1) is 10.2 Å². The Morgan fingerprint density at radius 2 is 1.87 bits per heavy atom. The highest BCUT2D eigenvalue weighted by Crippen LogP contribution is 2.11. The number of hydrogen-bond donors (Lipinski definition) is 1. The molecule has 1 rings (SSSR count). The summed E-state index contributed by atoms with van der Waals surface area (Å²) in [5, 5.41) is 6.99. The number of sulfonamides is 1. The molecule has 0 aromatic carbocycles. The summed E-state index contributed by atoms with van der Waals surface area (Å²) in [4.78, 5) is 0. The van der Waals surface area contributed by atoms with Crippen molar-refractivity contribution in [3.8, 4) is 0 Å². The molecule has 0 saturated heterocycles. The maximum atomic E-state index is 11.7. The molecule has 5 nitrogen and oxygen atoms in total. The Balaban J connectivity index is 3.02. The third kappa shape index (κ3) is 3.73. The first kappa shape index (κ1) is 12.4. The quantitative estimate of drug-likeness (QED) is 0.855. The van der Waals surface area contributed by atoms with Gasteiger partial charge in [-0.1, -0.05) is 11.6 Å². The number of hydrogen-bond acceptors (Lipinski definition) is 4. The summed E-state index contributed by atoms with van der Waals surface area (Å²) < 4.78 is 25.9. The highest BCUT2D eigenvalue weighted by Gasteiger charge is 2.23. The van der Waals surface area contributed by atoms with Crippen LogP contribution in [0.5, 0.6) is 0 Å². The molecule has 0 aliphatic heterocycles. The zero-order chi connectivity index (χ0) is 11.7. The summed E-state index contributed by atoms with van der Waals surface area (Å²) in [6.45, 7) is 5.23. The molecule has 0 aliphatic rings. The topological polar surface area (TPSA) is 72.0 Å². The van der Waals surface area contributed by atoms with Crippen molar-refractivity contribution in [2.45, 2.75) is 31.3 Å². The van der Waals surface area contributed by atoms with E-state index >= 15 is 0 Å². The van der Waals surface area contributed by atoms with Crippen LogP contribution in [-0.2, 0) is 10.0 Å². The minimum absolute atomic E-state index is 0.137. The van der Waals surface area contributed by atoms with E-state index in [0.29, 0.717) is 0 Å². The molecular weight excluding hydrogens is 238 g/mol. The molecule has 1 N–H and O–H groups in total. The molecule has 1 aromatic heterocycles. The van der Waals surface area contributed by atoms with E-state index < -0.39 is 15.6 Å². The molecule has 0 amide bonds. The zero-order valence-corrected chi connectivity index (χ0v) is 10.2. The fourth-order valence-corrected chi connectivity index (χ4v) is 2.31. The standard InChI is InChI=1S/C8H12ClN3O2S/c1-8(2,3)12-15(13,14)7-5-4-6(9)10-11-7/h4-5,12H,1-3H3. The predicted molar refractivity (Wildman–Crippen MR) is 57.1 cm³/mol. The third-order valence-electron chi connectivity index (χ3n) is 1.32. The van der Waals surface area contributed by atoms with E-state index in [1.54, 1.807) is 20.8 Å². The number of nitrogens with zero attached hydrogens (tertiary/aromatic N) is 2. The van der Waals surface area contributed by atoms with Gasteiger partial charge in [0.15, 0.2) is 10.2 Å². The fourth-order valence-electron chi connectivity index (χ4n) is 0.902. The molecule has 1 aromatic rings. The second-order valence-electron chi connectivity index (χ2n) is 4.05. The minimum atomic E-state index is -3.62. The predicted octanol–water partition coefficient (Wildman–Crippen LogP) is 1.21. The number of rotatable bonds is 2. The van der Waals surface area contributed by atoms with E-state index in [9.17, 15) is 8.42 Å². The lowest BCUT2D eigenvalue weighted by Gasteiger charge is -2.19. The molecular formula is C8H12ClN3O2S. The van der Waals surface area contributed by atoms with Gasteiger partial charge in [-0.2, -0.15) is 0 Å². The van der Waals surface area contributed by atoms with Gasteiger partial charge < -0.3 is 0 Å². The van der Waals surface area contributed by atoms with Gasteiger partial charge in [0, 0.05) is 5.54 Å². The molecule has 7 heteroatoms. The van der Waals surface area contributed by atoms with Crippen molar-refractivity contribution >= 4 is 21.6 Å². The first-order valence-electron chi connectivity index (χ1n) is 4.24. The van der Waals surface area contributed by atoms with Crippen molar-refractivity contribution in [1.82, 2.24) is 14.9 Å². The molecule has 0 bridgehead atoms. The lowest BCUT2D eigenvalue weighted by atomic mass is 10.1. The Kier molecular flexibility index (Phi) is 3.32. The highest BCUT2D eigenvalue weighted by atomic mass is 35.5. The van der Waals surface area contributed by atoms with Crippen LogP contribution in [0.3, 0.4) is 0 Å². The number of aromatic nitrogens is 2. The highest BCUT2D eigenvalue weighted by molar-refractivity contribution is 7.89. The molecule has 0 radical (unpaired) electrons. The van der Waals surface area contributed by atoms with Crippen LogP contribution in [0.1, 0.15) is 20.8 Å². The maximum Gasteiger partial charge on any atom is 0.260 e. The summed E-state index contributed by atoms with van der Waals surface area (Å²) in [6.07, 6.45) is 0. The second kappa shape index (κ2) is 4.03. The van der Waals surface area contributed by atoms with E-state index in [-0.39, 0.29) is 10.2 Å². The normalized spacial score (nSPS) is 12.8. The Bertz CT molecular complexity index is 436. The Morgan fingerprint density at radius 1 is 1.27 bits per heavy atom. The molecule has 0 fully saturated rings. The van der Waals surface area contributed by atoms with E-state index in [0.717, 1.165) is 0 Å². The van der Waals surface area contributed by atoms with Gasteiger partial charge in [-0.05, 0) is 32.9 Å². The Morgan fingerprint density at radius 3 is 2.27 bits per heavy atom. The van der Waals surface area contributed by atoms with Gasteiger partial charge in [-0.25, -0.2) is 13.1 Å². The van der Waals surface area contributed by atoms with E-state index in [4.69, 9.17) is 11.6 Å². The molecule has 84 valence electrons. The largest absolute Gasteiger partial charge is 0.260 e. The molecule has 0 unspecified atom stereocenters. The van der Waals surface area contributed by atoms with Gasteiger partial charge in [0.1, 0.15) is 0 Å². The number of halogens is 1. The van der Waals surface area contributed by atoms with Crippen molar-refractivity contribution < 1.29 is 8.42 Å². The van der Waals surface area contributed by atoms with Crippen molar-refractivity contribution in [2.24, 2.45) is 0 Å². The van der Waals surface area contributed by atoms with Crippen LogP contribution in [0, 0.1) is 0 Å². The molecule has 15 heavy (non-hydrogen) atoms. The first-order valence-corrected chi connectivity index (χ1v) is 6.10. The Labute approximate surface area is 93.9 Å². The van der Waals surface area contributed by atoms with Crippen LogP contribution >= 0.6 is 11.6 Å². The van der Waals surface area contributed by atoms with Crippen molar-refractivity contribution in [3.05, 3.63) is 17.3 Å². The summed E-state index contributed by atoms with van der Waals surface area (Å²) in [5.74, 6) is 0. The third-order valence-corrected chi connectivity index (χ3v) is 3.17. The second-order valence-corrected chi connectivity index (χ2v) is 6.07. The summed E-state index contributed by atoms with van der Waals surface area (Å²) in [5.41, 5.74) is -0.555. The van der Waals surface area contributed by atoms with E-state index in [1.807, 2.05) is 0 Å². The van der Waals surface area contributed by atoms with Gasteiger partial charge in [0.25, 0.3) is 10.0 Å². The van der Waals surface area contributed by atoms with Gasteiger partial charge >= 0.3 is 0 Å². The number of nitrogens with one attached hydrogen (secondary N) is 1. The van der Waals surface area contributed by atoms with E-state index in [2.05, 4.69) is 14.9 Å². The van der Waals surface area contributed by atoms with Crippen LogP contribution in [0.25, 0.3) is 0 Å². The molecule has 0 saturated carbocycles. The smallest absolute Gasteiger partial charge is 0.205 e. The van der Waals surface area contributed by atoms with Gasteiger partial charge in [-0.3, -0.25) is 0 Å². The zero-order valence-electron chi connectivity index (χ0n) is 8.65. The first-order chi connectivity index (χ1) is 6.71. The monoisotopic (exact) mass is 249 g/mol. The molecule has 0 spiro atoms. The van der Waals surface area contributed by atoms with Crippen LogP contribution in [-0.4, -0.2) is 24.2 Å². The van der Waals surface area contributed by atoms with Gasteiger partial charge in [0.05, 0.1) is 0 Å². The average Bonchev–Trinajstić information content (AvgIpc) is 2.00. The fraction of sp³-hybridized carbons (Fsp3) is 0.500. The summed E-state index contributed by atoms with van der Waals surface area (Å²) in [7, 11) is -3.62. The Hall–Kier alpha value is -0.720. The molecule has 0 atom stereocenters. The van der Waals surface area contributed by atoms with Crippen LogP contribution in [0.4, 0.5) is 0 Å². The van der Waals surface area contributed by atoms with E-state index in [1.165, 1.54) is 12.1 Å². The van der Waals surface area contributed by atoms with Gasteiger partial charge in [0.2, 0.25) is 0 Å². The van der Waals surface area contributed by atoms with Crippen LogP contribution in [0.15, 0.2) is 17.2 Å². The average molecular weight is 250 g/mol. The molecule has 0 aliphatic carbocycles. The maximum absolute atomic E-state index is 11.7. The lowest BCUT2D eigenvalue weighted by Crippen LogP contribution is -2.40.